The first-order chi connectivity index (χ1) is 10.1. The van der Waals surface area contributed by atoms with Crippen molar-refractivity contribution in [3.05, 3.63) is 63.9 Å². The van der Waals surface area contributed by atoms with Gasteiger partial charge in [0.25, 0.3) is 5.91 Å². The van der Waals surface area contributed by atoms with Crippen LogP contribution in [-0.2, 0) is 6.42 Å². The first-order valence-electron chi connectivity index (χ1n) is 6.76. The number of likely N-dealkylation sites (N-methyl/N-ethyl adjacent to an activating group) is 1. The third kappa shape index (κ3) is 4.45. The van der Waals surface area contributed by atoms with E-state index in [1.54, 1.807) is 17.0 Å². The van der Waals surface area contributed by atoms with Crippen LogP contribution in [0.3, 0.4) is 0 Å². The van der Waals surface area contributed by atoms with Gasteiger partial charge in [0.1, 0.15) is 10.3 Å². The molecule has 0 saturated heterocycles. The number of rotatable bonds is 5. The van der Waals surface area contributed by atoms with Crippen molar-refractivity contribution in [2.75, 3.05) is 13.1 Å². The Labute approximate surface area is 134 Å². The molecule has 21 heavy (non-hydrogen) atoms. The van der Waals surface area contributed by atoms with Crippen LogP contribution >= 0.6 is 23.2 Å². The summed E-state index contributed by atoms with van der Waals surface area (Å²) in [4.78, 5) is 18.1. The monoisotopic (exact) mass is 322 g/mol. The second kappa shape index (κ2) is 7.43. The van der Waals surface area contributed by atoms with Crippen LogP contribution in [0.1, 0.15) is 22.8 Å². The molecule has 2 aromatic rings. The van der Waals surface area contributed by atoms with Crippen molar-refractivity contribution in [3.63, 3.8) is 0 Å². The molecule has 1 amide bonds. The maximum Gasteiger partial charge on any atom is 0.254 e. The average Bonchev–Trinajstić information content (AvgIpc) is 2.47. The summed E-state index contributed by atoms with van der Waals surface area (Å²) in [6.07, 6.45) is 0.812. The van der Waals surface area contributed by atoms with E-state index in [2.05, 4.69) is 17.1 Å². The van der Waals surface area contributed by atoms with E-state index in [4.69, 9.17) is 23.2 Å². The number of amides is 1. The van der Waals surface area contributed by atoms with Crippen LogP contribution in [0, 0.1) is 0 Å². The quantitative estimate of drug-likeness (QED) is 0.777. The van der Waals surface area contributed by atoms with E-state index < -0.39 is 0 Å². The summed E-state index contributed by atoms with van der Waals surface area (Å²) in [5, 5.41) is 0.454. The Morgan fingerprint density at radius 1 is 1.14 bits per heavy atom. The molecule has 0 fully saturated rings. The second-order valence-electron chi connectivity index (χ2n) is 4.62. The summed E-state index contributed by atoms with van der Waals surface area (Å²) in [6, 6.07) is 13.2. The summed E-state index contributed by atoms with van der Waals surface area (Å²) in [5.74, 6) is -0.0837. The Balaban J connectivity index is 2.08. The van der Waals surface area contributed by atoms with Crippen molar-refractivity contribution in [3.8, 4) is 0 Å². The number of aromatic nitrogens is 1. The molecule has 1 heterocycles. The van der Waals surface area contributed by atoms with Gasteiger partial charge in [-0.05, 0) is 31.0 Å². The zero-order valence-electron chi connectivity index (χ0n) is 11.7. The minimum absolute atomic E-state index is 0.0837. The van der Waals surface area contributed by atoms with Gasteiger partial charge in [0.15, 0.2) is 0 Å². The summed E-state index contributed by atoms with van der Waals surface area (Å²) < 4.78 is 0. The molecule has 0 atom stereocenters. The third-order valence-electron chi connectivity index (χ3n) is 3.19. The molecule has 110 valence electrons. The number of hydrogen-bond acceptors (Lipinski definition) is 2. The molecule has 5 heteroatoms. The van der Waals surface area contributed by atoms with Gasteiger partial charge in [-0.25, -0.2) is 4.98 Å². The lowest BCUT2D eigenvalue weighted by atomic mass is 10.1. The fraction of sp³-hybridized carbons (Fsp3) is 0.250. The fourth-order valence-corrected chi connectivity index (χ4v) is 2.54. The number of hydrogen-bond donors (Lipinski definition) is 0. The molecule has 1 aromatic heterocycles. The predicted molar refractivity (Wildman–Crippen MR) is 86.0 cm³/mol. The number of carbonyl (C=O) groups excluding carboxylic acids is 1. The lowest BCUT2D eigenvalue weighted by Gasteiger charge is -2.21. The molecular weight excluding hydrogens is 307 g/mol. The van der Waals surface area contributed by atoms with Crippen molar-refractivity contribution >= 4 is 29.1 Å². The molecule has 0 bridgehead atoms. The molecule has 0 radical (unpaired) electrons. The van der Waals surface area contributed by atoms with Crippen LogP contribution < -0.4 is 0 Å². The maximum atomic E-state index is 12.5. The molecule has 0 unspecified atom stereocenters. The smallest absolute Gasteiger partial charge is 0.254 e. The van der Waals surface area contributed by atoms with Crippen LogP contribution in [0.25, 0.3) is 0 Å². The summed E-state index contributed by atoms with van der Waals surface area (Å²) in [5.41, 5.74) is 1.67. The van der Waals surface area contributed by atoms with Gasteiger partial charge in [0.2, 0.25) is 0 Å². The van der Waals surface area contributed by atoms with E-state index in [-0.39, 0.29) is 16.2 Å². The van der Waals surface area contributed by atoms with Crippen LogP contribution in [0.5, 0.6) is 0 Å². The van der Waals surface area contributed by atoms with Crippen molar-refractivity contribution in [1.82, 2.24) is 9.88 Å². The van der Waals surface area contributed by atoms with Gasteiger partial charge in [0.05, 0.1) is 0 Å². The van der Waals surface area contributed by atoms with Crippen LogP contribution in [0.15, 0.2) is 42.5 Å². The van der Waals surface area contributed by atoms with Crippen LogP contribution in [0.2, 0.25) is 10.3 Å². The van der Waals surface area contributed by atoms with Gasteiger partial charge in [0, 0.05) is 18.7 Å². The maximum absolute atomic E-state index is 12.5. The molecular formula is C16H16Cl2N2O. The van der Waals surface area contributed by atoms with Crippen LogP contribution in [0.4, 0.5) is 0 Å². The fourth-order valence-electron chi connectivity index (χ4n) is 2.08. The SMILES string of the molecule is CCN(CCc1ccccc1)C(=O)c1cc(Cl)nc(Cl)c1. The summed E-state index contributed by atoms with van der Waals surface area (Å²) in [6.45, 7) is 3.23. The van der Waals surface area contributed by atoms with Crippen molar-refractivity contribution in [1.29, 1.82) is 0 Å². The van der Waals surface area contributed by atoms with Gasteiger partial charge < -0.3 is 4.90 Å². The number of benzene rings is 1. The first kappa shape index (κ1) is 15.8. The molecule has 0 aliphatic rings. The molecule has 0 spiro atoms. The van der Waals surface area contributed by atoms with E-state index in [9.17, 15) is 4.79 Å². The number of halogens is 2. The Kier molecular flexibility index (Phi) is 5.59. The average molecular weight is 323 g/mol. The molecule has 0 saturated carbocycles. The summed E-state index contributed by atoms with van der Waals surface area (Å²) in [7, 11) is 0. The van der Waals surface area contributed by atoms with E-state index in [1.165, 1.54) is 5.56 Å². The Bertz CT molecular complexity index is 597. The minimum Gasteiger partial charge on any atom is -0.339 e. The lowest BCUT2D eigenvalue weighted by molar-refractivity contribution is 0.0766. The molecule has 0 N–H and O–H groups in total. The van der Waals surface area contributed by atoms with Gasteiger partial charge in [-0.3, -0.25) is 4.79 Å². The van der Waals surface area contributed by atoms with E-state index in [1.807, 2.05) is 25.1 Å². The number of pyridine rings is 1. The number of carbonyl (C=O) groups is 1. The van der Waals surface area contributed by atoms with Gasteiger partial charge in [-0.15, -0.1) is 0 Å². The Hall–Kier alpha value is -1.58. The number of nitrogens with zero attached hydrogens (tertiary/aromatic N) is 2. The van der Waals surface area contributed by atoms with Crippen molar-refractivity contribution < 1.29 is 4.79 Å². The van der Waals surface area contributed by atoms with E-state index in [0.717, 1.165) is 6.42 Å². The van der Waals surface area contributed by atoms with Gasteiger partial charge in [-0.1, -0.05) is 53.5 Å². The molecule has 0 aliphatic heterocycles. The molecule has 2 rings (SSSR count). The molecule has 3 nitrogen and oxygen atoms in total. The zero-order valence-corrected chi connectivity index (χ0v) is 13.2. The van der Waals surface area contributed by atoms with E-state index >= 15 is 0 Å². The minimum atomic E-state index is -0.0837. The summed E-state index contributed by atoms with van der Waals surface area (Å²) >= 11 is 11.7. The van der Waals surface area contributed by atoms with Crippen molar-refractivity contribution in [2.45, 2.75) is 13.3 Å². The second-order valence-corrected chi connectivity index (χ2v) is 5.40. The molecule has 1 aromatic carbocycles. The van der Waals surface area contributed by atoms with E-state index in [0.29, 0.717) is 18.7 Å². The first-order valence-corrected chi connectivity index (χ1v) is 7.52. The zero-order chi connectivity index (χ0) is 15.2. The highest BCUT2D eigenvalue weighted by atomic mass is 35.5. The van der Waals surface area contributed by atoms with Gasteiger partial charge in [-0.2, -0.15) is 0 Å². The highest BCUT2D eigenvalue weighted by Crippen LogP contribution is 2.16. The topological polar surface area (TPSA) is 33.2 Å². The highest BCUT2D eigenvalue weighted by molar-refractivity contribution is 6.33. The molecule has 0 aliphatic carbocycles. The third-order valence-corrected chi connectivity index (χ3v) is 3.58. The Morgan fingerprint density at radius 3 is 2.33 bits per heavy atom. The standard InChI is InChI=1S/C16H16Cl2N2O/c1-2-20(9-8-12-6-4-3-5-7-12)16(21)13-10-14(17)19-15(18)11-13/h3-7,10-11H,2,8-9H2,1H3. The lowest BCUT2D eigenvalue weighted by Crippen LogP contribution is -2.32. The van der Waals surface area contributed by atoms with Crippen LogP contribution in [-0.4, -0.2) is 28.9 Å². The van der Waals surface area contributed by atoms with Gasteiger partial charge >= 0.3 is 0 Å². The largest absolute Gasteiger partial charge is 0.339 e. The van der Waals surface area contributed by atoms with Crippen molar-refractivity contribution in [2.24, 2.45) is 0 Å². The predicted octanol–water partition coefficient (Wildman–Crippen LogP) is 4.09. The highest BCUT2D eigenvalue weighted by Gasteiger charge is 2.15. The normalized spacial score (nSPS) is 10.4. The Morgan fingerprint density at radius 2 is 1.76 bits per heavy atom.